The molecule has 0 aliphatic carbocycles. The molecule has 1 aromatic carbocycles. The van der Waals surface area contributed by atoms with Gasteiger partial charge in [0.15, 0.2) is 5.78 Å². The number of ketones is 1. The number of nitrogens with zero attached hydrogens (tertiary/aromatic N) is 2. The van der Waals surface area contributed by atoms with Gasteiger partial charge in [0.1, 0.15) is 5.75 Å². The van der Waals surface area contributed by atoms with E-state index >= 15 is 0 Å². The van der Waals surface area contributed by atoms with E-state index in [-0.39, 0.29) is 5.78 Å². The Kier molecular flexibility index (Phi) is 5.13. The van der Waals surface area contributed by atoms with E-state index in [0.29, 0.717) is 29.4 Å². The predicted molar refractivity (Wildman–Crippen MR) is 102 cm³/mol. The average Bonchev–Trinajstić information content (AvgIpc) is 2.66. The number of fused-ring (bicyclic) bond motifs is 1. The number of nitrogens with one attached hydrogen (secondary N) is 1. The highest BCUT2D eigenvalue weighted by Gasteiger charge is 2.35. The van der Waals surface area contributed by atoms with E-state index in [1.54, 1.807) is 32.4 Å². The Morgan fingerprint density at radius 1 is 1.37 bits per heavy atom. The molecule has 1 N–H and O–H groups in total. The summed E-state index contributed by atoms with van der Waals surface area (Å²) in [5.74, 6) is 0.569. The number of pyridine rings is 1. The Morgan fingerprint density at radius 2 is 2.15 bits per heavy atom. The van der Waals surface area contributed by atoms with Crippen LogP contribution in [0.1, 0.15) is 43.4 Å². The fourth-order valence-corrected chi connectivity index (χ4v) is 3.52. The molecule has 2 heterocycles. The predicted octanol–water partition coefficient (Wildman–Crippen LogP) is 3.78. The molecule has 0 bridgehead atoms. The van der Waals surface area contributed by atoms with Gasteiger partial charge in [0.25, 0.3) is 0 Å². The van der Waals surface area contributed by atoms with E-state index in [0.717, 1.165) is 22.5 Å². The molecule has 138 valence electrons. The number of aromatic nitrogens is 1. The van der Waals surface area contributed by atoms with Crippen molar-refractivity contribution in [1.82, 2.24) is 4.98 Å². The van der Waals surface area contributed by atoms with Gasteiger partial charge in [-0.05, 0) is 39.0 Å². The molecular weight excluding hydrogens is 342 g/mol. The third kappa shape index (κ3) is 3.24. The van der Waals surface area contributed by atoms with E-state index in [4.69, 9.17) is 9.47 Å². The summed E-state index contributed by atoms with van der Waals surface area (Å²) >= 11 is 0. The van der Waals surface area contributed by atoms with Crippen LogP contribution < -0.4 is 14.8 Å². The first kappa shape index (κ1) is 18.5. The van der Waals surface area contributed by atoms with Crippen LogP contribution in [0.5, 0.6) is 11.6 Å². The molecule has 3 rings (SSSR count). The molecule has 1 aromatic heterocycles. The summed E-state index contributed by atoms with van der Waals surface area (Å²) in [6, 6.07) is 9.22. The standard InChI is InChI=1S/C21H21N3O3/c1-5-27-21-20-16(8-9-23-21)24-12(2)18(13(3)25)19(20)15-7-6-14(11-22)10-17(15)26-4/h6-10,19,24H,5H2,1-4H3. The molecule has 1 atom stereocenters. The largest absolute Gasteiger partial charge is 0.496 e. The normalized spacial score (nSPS) is 15.4. The quantitative estimate of drug-likeness (QED) is 0.870. The third-order valence-corrected chi connectivity index (χ3v) is 4.59. The van der Waals surface area contributed by atoms with Gasteiger partial charge in [-0.25, -0.2) is 4.98 Å². The van der Waals surface area contributed by atoms with Gasteiger partial charge in [0.2, 0.25) is 5.88 Å². The average molecular weight is 363 g/mol. The van der Waals surface area contributed by atoms with Gasteiger partial charge in [-0.3, -0.25) is 4.79 Å². The van der Waals surface area contributed by atoms with Crippen LogP contribution in [-0.4, -0.2) is 24.5 Å². The number of anilines is 1. The van der Waals surface area contributed by atoms with Crippen LogP contribution in [0, 0.1) is 11.3 Å². The topological polar surface area (TPSA) is 84.2 Å². The molecule has 0 spiro atoms. The van der Waals surface area contributed by atoms with E-state index in [1.165, 1.54) is 0 Å². The summed E-state index contributed by atoms with van der Waals surface area (Å²) < 4.78 is 11.3. The maximum absolute atomic E-state index is 12.5. The minimum Gasteiger partial charge on any atom is -0.496 e. The van der Waals surface area contributed by atoms with Crippen molar-refractivity contribution in [1.29, 1.82) is 5.26 Å². The highest BCUT2D eigenvalue weighted by atomic mass is 16.5. The number of Topliss-reactive ketones (excluding diaryl/α,β-unsaturated/α-hetero) is 1. The zero-order chi connectivity index (χ0) is 19.6. The molecule has 6 nitrogen and oxygen atoms in total. The first-order valence-corrected chi connectivity index (χ1v) is 8.70. The molecule has 0 radical (unpaired) electrons. The number of allylic oxidation sites excluding steroid dienone is 2. The Hall–Kier alpha value is -3.33. The van der Waals surface area contributed by atoms with Crippen LogP contribution in [0.4, 0.5) is 5.69 Å². The van der Waals surface area contributed by atoms with E-state index in [9.17, 15) is 10.1 Å². The maximum atomic E-state index is 12.5. The van der Waals surface area contributed by atoms with Crippen molar-refractivity contribution in [2.24, 2.45) is 0 Å². The molecule has 0 saturated carbocycles. The van der Waals surface area contributed by atoms with Crippen LogP contribution >= 0.6 is 0 Å². The number of rotatable bonds is 5. The van der Waals surface area contributed by atoms with Gasteiger partial charge in [0.05, 0.1) is 31.3 Å². The second-order valence-corrected chi connectivity index (χ2v) is 6.23. The van der Waals surface area contributed by atoms with Crippen molar-refractivity contribution < 1.29 is 14.3 Å². The Morgan fingerprint density at radius 3 is 2.78 bits per heavy atom. The fraction of sp³-hybridized carbons (Fsp3) is 0.286. The lowest BCUT2D eigenvalue weighted by molar-refractivity contribution is -0.113. The molecular formula is C21H21N3O3. The lowest BCUT2D eigenvalue weighted by Gasteiger charge is -2.31. The summed E-state index contributed by atoms with van der Waals surface area (Å²) in [6.45, 7) is 5.77. The zero-order valence-electron chi connectivity index (χ0n) is 15.8. The maximum Gasteiger partial charge on any atom is 0.219 e. The van der Waals surface area contributed by atoms with Crippen molar-refractivity contribution in [2.75, 3.05) is 19.0 Å². The summed E-state index contributed by atoms with van der Waals surface area (Å²) in [5.41, 5.74) is 4.31. The number of nitriles is 1. The van der Waals surface area contributed by atoms with Gasteiger partial charge < -0.3 is 14.8 Å². The molecule has 6 heteroatoms. The number of hydrogen-bond acceptors (Lipinski definition) is 6. The lowest BCUT2D eigenvalue weighted by Crippen LogP contribution is -2.23. The number of methoxy groups -OCH3 is 1. The highest BCUT2D eigenvalue weighted by Crippen LogP contribution is 2.48. The molecule has 0 fully saturated rings. The molecule has 0 saturated heterocycles. The summed E-state index contributed by atoms with van der Waals surface area (Å²) in [4.78, 5) is 16.9. The number of hydrogen-bond donors (Lipinski definition) is 1. The fourth-order valence-electron chi connectivity index (χ4n) is 3.52. The summed E-state index contributed by atoms with van der Waals surface area (Å²) in [7, 11) is 1.55. The van der Waals surface area contributed by atoms with Crippen LogP contribution in [0.25, 0.3) is 0 Å². The number of carbonyl (C=O) groups excluding carboxylic acids is 1. The second kappa shape index (κ2) is 7.50. The van der Waals surface area contributed by atoms with E-state index in [2.05, 4.69) is 16.4 Å². The molecule has 27 heavy (non-hydrogen) atoms. The summed E-state index contributed by atoms with van der Waals surface area (Å²) in [6.07, 6.45) is 1.68. The monoisotopic (exact) mass is 363 g/mol. The lowest BCUT2D eigenvalue weighted by atomic mass is 9.79. The molecule has 1 aliphatic heterocycles. The third-order valence-electron chi connectivity index (χ3n) is 4.59. The minimum atomic E-state index is -0.406. The van der Waals surface area contributed by atoms with Crippen molar-refractivity contribution in [3.8, 4) is 17.7 Å². The number of carbonyl (C=O) groups is 1. The van der Waals surface area contributed by atoms with E-state index in [1.807, 2.05) is 26.0 Å². The summed E-state index contributed by atoms with van der Waals surface area (Å²) in [5, 5.41) is 12.5. The van der Waals surface area contributed by atoms with Crippen LogP contribution in [0.3, 0.4) is 0 Å². The first-order chi connectivity index (χ1) is 13.0. The van der Waals surface area contributed by atoms with Gasteiger partial charge in [-0.15, -0.1) is 0 Å². The van der Waals surface area contributed by atoms with Crippen LogP contribution in [0.15, 0.2) is 41.7 Å². The molecule has 1 unspecified atom stereocenters. The van der Waals surface area contributed by atoms with Gasteiger partial charge in [0, 0.05) is 34.3 Å². The number of ether oxygens (including phenoxy) is 2. The smallest absolute Gasteiger partial charge is 0.219 e. The second-order valence-electron chi connectivity index (χ2n) is 6.23. The van der Waals surface area contributed by atoms with Crippen LogP contribution in [0.2, 0.25) is 0 Å². The highest BCUT2D eigenvalue weighted by molar-refractivity contribution is 5.99. The first-order valence-electron chi connectivity index (χ1n) is 8.70. The van der Waals surface area contributed by atoms with Crippen molar-refractivity contribution >= 4 is 11.5 Å². The van der Waals surface area contributed by atoms with Gasteiger partial charge >= 0.3 is 0 Å². The van der Waals surface area contributed by atoms with Crippen molar-refractivity contribution in [2.45, 2.75) is 26.7 Å². The Balaban J connectivity index is 2.32. The van der Waals surface area contributed by atoms with Crippen LogP contribution in [-0.2, 0) is 4.79 Å². The van der Waals surface area contributed by atoms with E-state index < -0.39 is 5.92 Å². The molecule has 0 amide bonds. The van der Waals surface area contributed by atoms with Gasteiger partial charge in [-0.2, -0.15) is 5.26 Å². The van der Waals surface area contributed by atoms with Crippen molar-refractivity contribution in [3.05, 3.63) is 58.4 Å². The SMILES string of the molecule is CCOc1nccc2c1C(c1ccc(C#N)cc1OC)C(C(C)=O)=C(C)N2. The Labute approximate surface area is 158 Å². The van der Waals surface area contributed by atoms with Crippen molar-refractivity contribution in [3.63, 3.8) is 0 Å². The van der Waals surface area contributed by atoms with Gasteiger partial charge in [-0.1, -0.05) is 6.07 Å². The molecule has 1 aliphatic rings. The zero-order valence-corrected chi connectivity index (χ0v) is 15.8. The minimum absolute atomic E-state index is 0.0478. The molecule has 2 aromatic rings. The Bertz CT molecular complexity index is 973. The number of benzene rings is 1.